The quantitative estimate of drug-likeness (QED) is 0.848. The van der Waals surface area contributed by atoms with Crippen molar-refractivity contribution in [1.29, 1.82) is 0 Å². The summed E-state index contributed by atoms with van der Waals surface area (Å²) in [4.78, 5) is 2.11. The first-order valence-corrected chi connectivity index (χ1v) is 6.07. The van der Waals surface area contributed by atoms with E-state index < -0.39 is 0 Å². The highest BCUT2D eigenvalue weighted by Gasteiger charge is 2.41. The summed E-state index contributed by atoms with van der Waals surface area (Å²) in [7, 11) is 0. The van der Waals surface area contributed by atoms with Gasteiger partial charge in [-0.3, -0.25) is 0 Å². The molecule has 1 aliphatic rings. The Morgan fingerprint density at radius 1 is 1.57 bits per heavy atom. The fourth-order valence-electron chi connectivity index (χ4n) is 1.72. The number of anilines is 1. The van der Waals surface area contributed by atoms with E-state index in [4.69, 9.17) is 0 Å². The van der Waals surface area contributed by atoms with Crippen molar-refractivity contribution >= 4 is 32.4 Å². The van der Waals surface area contributed by atoms with Gasteiger partial charge in [-0.25, -0.2) is 0 Å². The van der Waals surface area contributed by atoms with Gasteiger partial charge in [-0.05, 0) is 36.2 Å². The van der Waals surface area contributed by atoms with Crippen molar-refractivity contribution in [2.45, 2.75) is 31.9 Å². The van der Waals surface area contributed by atoms with Crippen molar-refractivity contribution in [2.75, 3.05) is 11.4 Å². The van der Waals surface area contributed by atoms with Crippen molar-refractivity contribution in [2.24, 2.45) is 0 Å². The minimum atomic E-state index is -0.287. The molecule has 0 aromatic carbocycles. The van der Waals surface area contributed by atoms with Crippen LogP contribution in [0.2, 0.25) is 0 Å². The Morgan fingerprint density at radius 3 is 2.71 bits per heavy atom. The fourth-order valence-corrected chi connectivity index (χ4v) is 2.99. The van der Waals surface area contributed by atoms with Gasteiger partial charge in [-0.2, -0.15) is 0 Å². The monoisotopic (exact) mass is 277 g/mol. The Bertz CT molecular complexity index is 341. The predicted octanol–water partition coefficient (Wildman–Crippen LogP) is 1.65. The third kappa shape index (κ3) is 1.55. The highest BCUT2D eigenvalue weighted by Crippen LogP contribution is 2.36. The van der Waals surface area contributed by atoms with Crippen molar-refractivity contribution < 1.29 is 5.11 Å². The summed E-state index contributed by atoms with van der Waals surface area (Å²) >= 11 is 4.79. The summed E-state index contributed by atoms with van der Waals surface area (Å²) in [6.07, 6.45) is 0.509. The summed E-state index contributed by atoms with van der Waals surface area (Å²) in [6.45, 7) is 4.90. The molecule has 1 aromatic heterocycles. The third-order valence-electron chi connectivity index (χ3n) is 2.76. The third-order valence-corrected chi connectivity index (χ3v) is 4.14. The summed E-state index contributed by atoms with van der Waals surface area (Å²) in [6, 6.07) is 0. The van der Waals surface area contributed by atoms with Crippen LogP contribution in [0.1, 0.15) is 20.3 Å². The lowest BCUT2D eigenvalue weighted by Crippen LogP contribution is -2.45. The van der Waals surface area contributed by atoms with Crippen LogP contribution in [0.15, 0.2) is 3.92 Å². The second-order valence-electron chi connectivity index (χ2n) is 3.95. The van der Waals surface area contributed by atoms with Gasteiger partial charge in [0.25, 0.3) is 0 Å². The fraction of sp³-hybridized carbons (Fsp3) is 0.750. The standard InChI is InChI=1S/C8H12BrN3OS/c1-8(2)5(13)3-4-12(8)7-11-10-6(9)14-7/h5,13H,3-4H2,1-2H3. The van der Waals surface area contributed by atoms with Crippen molar-refractivity contribution in [3.8, 4) is 0 Å². The average molecular weight is 278 g/mol. The van der Waals surface area contributed by atoms with E-state index in [0.717, 1.165) is 22.0 Å². The van der Waals surface area contributed by atoms with Gasteiger partial charge in [0.1, 0.15) is 0 Å². The van der Waals surface area contributed by atoms with Crippen LogP contribution in [-0.2, 0) is 0 Å². The molecule has 1 fully saturated rings. The lowest BCUT2D eigenvalue weighted by Gasteiger charge is -2.32. The van der Waals surface area contributed by atoms with E-state index in [1.54, 1.807) is 0 Å². The largest absolute Gasteiger partial charge is 0.391 e. The van der Waals surface area contributed by atoms with Gasteiger partial charge in [0.05, 0.1) is 11.6 Å². The van der Waals surface area contributed by atoms with E-state index in [1.807, 2.05) is 13.8 Å². The molecule has 1 atom stereocenters. The van der Waals surface area contributed by atoms with Crippen molar-refractivity contribution in [3.05, 3.63) is 3.92 Å². The molecular weight excluding hydrogens is 266 g/mol. The molecule has 14 heavy (non-hydrogen) atoms. The number of aliphatic hydroxyl groups is 1. The first-order valence-electron chi connectivity index (χ1n) is 4.46. The molecule has 0 spiro atoms. The molecule has 0 radical (unpaired) electrons. The number of aliphatic hydroxyl groups excluding tert-OH is 1. The molecule has 78 valence electrons. The van der Waals surface area contributed by atoms with Crippen LogP contribution >= 0.6 is 27.3 Å². The van der Waals surface area contributed by atoms with Gasteiger partial charge in [-0.15, -0.1) is 10.2 Å². The number of hydrogen-bond acceptors (Lipinski definition) is 5. The minimum absolute atomic E-state index is 0.237. The second-order valence-corrected chi connectivity index (χ2v) is 6.18. The summed E-state index contributed by atoms with van der Waals surface area (Å²) in [5.41, 5.74) is -0.237. The Balaban J connectivity index is 2.28. The van der Waals surface area contributed by atoms with Gasteiger partial charge in [0.2, 0.25) is 5.13 Å². The second kappa shape index (κ2) is 3.43. The van der Waals surface area contributed by atoms with Gasteiger partial charge >= 0.3 is 0 Å². The molecule has 0 bridgehead atoms. The Morgan fingerprint density at radius 2 is 2.29 bits per heavy atom. The van der Waals surface area contributed by atoms with Crippen LogP contribution in [0, 0.1) is 0 Å². The first kappa shape index (κ1) is 10.3. The highest BCUT2D eigenvalue weighted by molar-refractivity contribution is 9.11. The molecule has 1 N–H and O–H groups in total. The van der Waals surface area contributed by atoms with Crippen LogP contribution in [-0.4, -0.2) is 33.5 Å². The zero-order valence-corrected chi connectivity index (χ0v) is 10.5. The maximum atomic E-state index is 9.80. The number of rotatable bonds is 1. The predicted molar refractivity (Wildman–Crippen MR) is 59.7 cm³/mol. The van der Waals surface area contributed by atoms with E-state index >= 15 is 0 Å². The lowest BCUT2D eigenvalue weighted by atomic mass is 9.99. The van der Waals surface area contributed by atoms with Crippen LogP contribution < -0.4 is 4.90 Å². The number of halogens is 1. The molecule has 4 nitrogen and oxygen atoms in total. The lowest BCUT2D eigenvalue weighted by molar-refractivity contribution is 0.127. The van der Waals surface area contributed by atoms with Crippen LogP contribution in [0.25, 0.3) is 0 Å². The van der Waals surface area contributed by atoms with Crippen LogP contribution in [0.4, 0.5) is 5.13 Å². The topological polar surface area (TPSA) is 49.2 Å². The molecule has 1 saturated heterocycles. The normalized spacial score (nSPS) is 25.7. The zero-order valence-electron chi connectivity index (χ0n) is 8.07. The van der Waals surface area contributed by atoms with E-state index in [2.05, 4.69) is 31.0 Å². The zero-order chi connectivity index (χ0) is 10.3. The molecule has 1 unspecified atom stereocenters. The summed E-state index contributed by atoms with van der Waals surface area (Å²) in [5, 5.41) is 18.7. The van der Waals surface area contributed by atoms with Gasteiger partial charge in [-0.1, -0.05) is 11.3 Å². The van der Waals surface area contributed by atoms with Gasteiger partial charge in [0.15, 0.2) is 3.92 Å². The molecule has 1 aromatic rings. The van der Waals surface area contributed by atoms with Crippen LogP contribution in [0.5, 0.6) is 0 Å². The smallest absolute Gasteiger partial charge is 0.209 e. The van der Waals surface area contributed by atoms with E-state index in [1.165, 1.54) is 11.3 Å². The molecule has 1 aliphatic heterocycles. The van der Waals surface area contributed by atoms with Crippen LogP contribution in [0.3, 0.4) is 0 Å². The number of aromatic nitrogens is 2. The molecule has 6 heteroatoms. The van der Waals surface area contributed by atoms with E-state index in [9.17, 15) is 5.11 Å². The number of nitrogens with zero attached hydrogens (tertiary/aromatic N) is 3. The maximum absolute atomic E-state index is 9.80. The molecule has 0 aliphatic carbocycles. The highest BCUT2D eigenvalue weighted by atomic mass is 79.9. The summed E-state index contributed by atoms with van der Waals surface area (Å²) < 4.78 is 0.782. The SMILES string of the molecule is CC1(C)C(O)CCN1c1nnc(Br)s1. The summed E-state index contributed by atoms with van der Waals surface area (Å²) in [5.74, 6) is 0. The molecule has 2 heterocycles. The van der Waals surface area contributed by atoms with E-state index in [-0.39, 0.29) is 11.6 Å². The van der Waals surface area contributed by atoms with Crippen molar-refractivity contribution in [3.63, 3.8) is 0 Å². The first-order chi connectivity index (χ1) is 6.51. The van der Waals surface area contributed by atoms with Gasteiger partial charge < -0.3 is 10.0 Å². The molecular formula is C8H12BrN3OS. The molecule has 0 saturated carbocycles. The Hall–Kier alpha value is -0.200. The Kier molecular flexibility index (Phi) is 2.53. The van der Waals surface area contributed by atoms with E-state index in [0.29, 0.717) is 0 Å². The number of hydrogen-bond donors (Lipinski definition) is 1. The molecule has 0 amide bonds. The maximum Gasteiger partial charge on any atom is 0.209 e. The molecule has 2 rings (SSSR count). The van der Waals surface area contributed by atoms with Gasteiger partial charge in [0, 0.05) is 6.54 Å². The average Bonchev–Trinajstić information content (AvgIpc) is 2.60. The Labute approximate surface area is 95.1 Å². The van der Waals surface area contributed by atoms with Crippen molar-refractivity contribution in [1.82, 2.24) is 10.2 Å². The minimum Gasteiger partial charge on any atom is -0.391 e.